The Morgan fingerprint density at radius 1 is 0.846 bits per heavy atom. The van der Waals surface area contributed by atoms with Gasteiger partial charge in [-0.2, -0.15) is 0 Å². The molecule has 1 fully saturated rings. The van der Waals surface area contributed by atoms with Crippen LogP contribution in [-0.4, -0.2) is 113 Å². The zero-order valence-corrected chi connectivity index (χ0v) is 24.7. The maximum atomic E-state index is 13.0. The zero-order chi connectivity index (χ0) is 28.1. The molecule has 218 valence electrons. The number of benzene rings is 1. The van der Waals surface area contributed by atoms with Crippen LogP contribution in [0.2, 0.25) is 0 Å². The highest BCUT2D eigenvalue weighted by Crippen LogP contribution is 2.32. The molecule has 12 nitrogen and oxygen atoms in total. The molecule has 0 saturated carbocycles. The molecule has 2 aliphatic heterocycles. The van der Waals surface area contributed by atoms with Crippen molar-refractivity contribution in [2.24, 2.45) is 0 Å². The predicted molar refractivity (Wildman–Crippen MR) is 148 cm³/mol. The van der Waals surface area contributed by atoms with Crippen molar-refractivity contribution in [2.45, 2.75) is 30.3 Å². The van der Waals surface area contributed by atoms with Gasteiger partial charge < -0.3 is 28.6 Å². The molecule has 0 radical (unpaired) electrons. The molecule has 1 atom stereocenters. The van der Waals surface area contributed by atoms with Crippen molar-refractivity contribution in [2.75, 3.05) is 76.2 Å². The number of fused-ring (bicyclic) bond motifs is 1. The summed E-state index contributed by atoms with van der Waals surface area (Å²) in [5.41, 5.74) is 0.620. The molecule has 3 rings (SSSR count). The topological polar surface area (TPSA) is 147 Å². The lowest BCUT2D eigenvalue weighted by molar-refractivity contribution is -0.136. The summed E-state index contributed by atoms with van der Waals surface area (Å²) in [6.45, 7) is 4.06. The second-order valence-electron chi connectivity index (χ2n) is 8.75. The van der Waals surface area contributed by atoms with Crippen molar-refractivity contribution in [3.05, 3.63) is 29.3 Å². The number of nitrogens with zero attached hydrogens (tertiary/aromatic N) is 1. The van der Waals surface area contributed by atoms with Gasteiger partial charge in [0.05, 0.1) is 76.7 Å². The van der Waals surface area contributed by atoms with Crippen molar-refractivity contribution >= 4 is 50.1 Å². The van der Waals surface area contributed by atoms with Crippen LogP contribution in [0.4, 0.5) is 0 Å². The molecule has 2 heterocycles. The Balaban J connectivity index is 1.32. The van der Waals surface area contributed by atoms with Crippen LogP contribution in [0.25, 0.3) is 0 Å². The van der Waals surface area contributed by atoms with Crippen molar-refractivity contribution in [1.82, 2.24) is 10.2 Å². The minimum atomic E-state index is -3.74. The van der Waals surface area contributed by atoms with E-state index in [1.54, 1.807) is 6.07 Å². The van der Waals surface area contributed by atoms with Gasteiger partial charge >= 0.3 is 0 Å². The maximum Gasteiger partial charge on any atom is 0.255 e. The number of hydrogen-bond donors (Lipinski definition) is 1. The first-order valence-corrected chi connectivity index (χ1v) is 16.0. The fraction of sp³-hybridized carbons (Fsp3) is 0.640. The summed E-state index contributed by atoms with van der Waals surface area (Å²) in [7, 11) is -3.74. The number of carbonyl (C=O) groups excluding carboxylic acids is 3. The van der Waals surface area contributed by atoms with Crippen molar-refractivity contribution < 1.29 is 46.5 Å². The molecule has 1 aromatic rings. The van der Waals surface area contributed by atoms with Crippen molar-refractivity contribution in [1.29, 1.82) is 0 Å². The second-order valence-corrected chi connectivity index (χ2v) is 11.9. The first-order chi connectivity index (χ1) is 18.8. The highest BCUT2D eigenvalue weighted by atomic mass is 127. The van der Waals surface area contributed by atoms with Gasteiger partial charge in [-0.25, -0.2) is 8.42 Å². The number of rotatable bonds is 19. The zero-order valence-electron chi connectivity index (χ0n) is 21.7. The molecule has 1 aromatic carbocycles. The second kappa shape index (κ2) is 16.5. The Morgan fingerprint density at radius 3 is 1.97 bits per heavy atom. The Morgan fingerprint density at radius 2 is 1.41 bits per heavy atom. The van der Waals surface area contributed by atoms with Crippen LogP contribution >= 0.6 is 22.6 Å². The fourth-order valence-corrected chi connectivity index (χ4v) is 5.87. The predicted octanol–water partition coefficient (Wildman–Crippen LogP) is 0.739. The minimum Gasteiger partial charge on any atom is -0.378 e. The van der Waals surface area contributed by atoms with Gasteiger partial charge in [-0.05, 0) is 18.6 Å². The number of amides is 3. The van der Waals surface area contributed by atoms with E-state index >= 15 is 0 Å². The average Bonchev–Trinajstić information content (AvgIpc) is 3.24. The number of hydrogen-bond acceptors (Lipinski definition) is 10. The first-order valence-electron chi connectivity index (χ1n) is 12.8. The highest BCUT2D eigenvalue weighted by molar-refractivity contribution is 14.1. The van der Waals surface area contributed by atoms with Gasteiger partial charge in [-0.1, -0.05) is 28.7 Å². The molecule has 0 spiro atoms. The largest absolute Gasteiger partial charge is 0.378 e. The summed E-state index contributed by atoms with van der Waals surface area (Å²) < 4.78 is 54.0. The standard InChI is InChI=1S/C25H35IN2O10S/c26-6-7-34-8-9-35-10-11-36-12-13-37-14-15-38-16-17-39(32,33)22-3-1-2-19-20(22)18-28(25(19)31)21-4-5-23(29)27-24(21)30/h1-3,21H,4-18H2,(H,27,29,30). The van der Waals surface area contributed by atoms with Crippen LogP contribution in [0.15, 0.2) is 23.1 Å². The number of imide groups is 1. The monoisotopic (exact) mass is 682 g/mol. The highest BCUT2D eigenvalue weighted by Gasteiger charge is 2.41. The summed E-state index contributed by atoms with van der Waals surface area (Å²) >= 11 is 2.25. The van der Waals surface area contributed by atoms with Gasteiger partial charge in [0.25, 0.3) is 5.91 Å². The van der Waals surface area contributed by atoms with Crippen LogP contribution < -0.4 is 5.32 Å². The summed E-state index contributed by atoms with van der Waals surface area (Å²) in [5, 5.41) is 2.24. The van der Waals surface area contributed by atoms with Gasteiger partial charge in [0.1, 0.15) is 6.04 Å². The van der Waals surface area contributed by atoms with Crippen molar-refractivity contribution in [3.63, 3.8) is 0 Å². The fourth-order valence-electron chi connectivity index (χ4n) is 4.16. The van der Waals surface area contributed by atoms with E-state index in [0.29, 0.717) is 51.8 Å². The van der Waals surface area contributed by atoms with E-state index in [4.69, 9.17) is 23.7 Å². The normalized spacial score (nSPS) is 17.5. The minimum absolute atomic E-state index is 0.00807. The molecule has 2 aliphatic rings. The average molecular weight is 683 g/mol. The Kier molecular flexibility index (Phi) is 13.5. The van der Waals surface area contributed by atoms with E-state index in [0.717, 1.165) is 11.0 Å². The lowest BCUT2D eigenvalue weighted by Crippen LogP contribution is -2.52. The van der Waals surface area contributed by atoms with Gasteiger partial charge in [-0.15, -0.1) is 0 Å². The lowest BCUT2D eigenvalue weighted by atomic mass is 10.0. The van der Waals surface area contributed by atoms with E-state index in [1.807, 2.05) is 0 Å². The number of alkyl halides is 1. The van der Waals surface area contributed by atoms with E-state index in [-0.39, 0.29) is 54.7 Å². The molecular weight excluding hydrogens is 647 g/mol. The molecule has 39 heavy (non-hydrogen) atoms. The Hall–Kier alpha value is -1.69. The summed E-state index contributed by atoms with van der Waals surface area (Å²) in [6.07, 6.45) is 0.331. The van der Waals surface area contributed by atoms with Crippen LogP contribution in [0.3, 0.4) is 0 Å². The number of ether oxygens (including phenoxy) is 5. The number of halogens is 1. The molecule has 0 aliphatic carbocycles. The van der Waals surface area contributed by atoms with E-state index in [2.05, 4.69) is 27.9 Å². The summed E-state index contributed by atoms with van der Waals surface area (Å²) in [4.78, 5) is 38.0. The molecule has 0 aromatic heterocycles. The third-order valence-corrected chi connectivity index (χ3v) is 8.28. The SMILES string of the molecule is O=C1CCC(N2Cc3c(cccc3S(=O)(=O)CCOCCOCCOCCOCCOCCI)C2=O)C(=O)N1. The Labute approximate surface area is 242 Å². The molecular formula is C25H35IN2O10S. The van der Waals surface area contributed by atoms with E-state index < -0.39 is 27.7 Å². The van der Waals surface area contributed by atoms with Gasteiger partial charge in [0, 0.05) is 28.5 Å². The van der Waals surface area contributed by atoms with E-state index in [9.17, 15) is 22.8 Å². The Bertz CT molecular complexity index is 1080. The number of nitrogens with one attached hydrogen (secondary N) is 1. The van der Waals surface area contributed by atoms with Crippen LogP contribution in [0, 0.1) is 0 Å². The molecule has 14 heteroatoms. The first kappa shape index (κ1) is 31.8. The molecule has 1 saturated heterocycles. The number of sulfone groups is 1. The summed E-state index contributed by atoms with van der Waals surface area (Å²) in [5.74, 6) is -1.61. The molecule has 3 amide bonds. The third-order valence-electron chi connectivity index (χ3n) is 6.08. The molecule has 1 N–H and O–H groups in total. The van der Waals surface area contributed by atoms with Gasteiger partial charge in [-0.3, -0.25) is 19.7 Å². The van der Waals surface area contributed by atoms with Crippen molar-refractivity contribution in [3.8, 4) is 0 Å². The van der Waals surface area contributed by atoms with Crippen LogP contribution in [-0.2, 0) is 49.7 Å². The van der Waals surface area contributed by atoms with Gasteiger partial charge in [0.2, 0.25) is 11.8 Å². The quantitative estimate of drug-likeness (QED) is 0.0960. The number of carbonyl (C=O) groups is 3. The lowest BCUT2D eigenvalue weighted by Gasteiger charge is -2.29. The van der Waals surface area contributed by atoms with Crippen LogP contribution in [0.1, 0.15) is 28.8 Å². The molecule has 0 bridgehead atoms. The van der Waals surface area contributed by atoms with Crippen LogP contribution in [0.5, 0.6) is 0 Å². The van der Waals surface area contributed by atoms with E-state index in [1.165, 1.54) is 17.0 Å². The summed E-state index contributed by atoms with van der Waals surface area (Å²) in [6, 6.07) is 3.72. The maximum absolute atomic E-state index is 13.0. The van der Waals surface area contributed by atoms with Gasteiger partial charge in [0.15, 0.2) is 9.84 Å². The molecule has 1 unspecified atom stereocenters. The smallest absolute Gasteiger partial charge is 0.255 e. The third kappa shape index (κ3) is 9.72. The number of piperidine rings is 1.